The van der Waals surface area contributed by atoms with E-state index in [1.807, 2.05) is 54.6 Å². The molecule has 0 aliphatic rings. The number of hydrogen-bond donors (Lipinski definition) is 1. The highest BCUT2D eigenvalue weighted by Gasteiger charge is 2.15. The second kappa shape index (κ2) is 23.0. The average Bonchev–Trinajstić information content (AvgIpc) is 3.01. The standard InChI is InChI=1S/C18H26O3.C17H24O4/c1-3-4-5-6-7-11-14-21-18(19)17(20-2)15-16-12-9-8-10-13-16;1-4-5-6-16(21-3)12-14(17(18)19)11-13-7-9-15(20-2)10-8-13/h8-10,12-13,15H,3-7,11,14H2,1-2H3;7-11,16H,4-6,12H2,1-3H3,(H,18,19). The van der Waals surface area contributed by atoms with Gasteiger partial charge in [0.05, 0.1) is 26.9 Å². The van der Waals surface area contributed by atoms with E-state index in [1.165, 1.54) is 32.8 Å². The van der Waals surface area contributed by atoms with Crippen LogP contribution in [-0.4, -0.2) is 51.1 Å². The van der Waals surface area contributed by atoms with Gasteiger partial charge < -0.3 is 24.1 Å². The van der Waals surface area contributed by atoms with Crippen molar-refractivity contribution in [1.82, 2.24) is 0 Å². The smallest absolute Gasteiger partial charge is 0.373 e. The number of carbonyl (C=O) groups excluding carboxylic acids is 1. The highest BCUT2D eigenvalue weighted by molar-refractivity contribution is 5.92. The van der Waals surface area contributed by atoms with Crippen LogP contribution in [0.3, 0.4) is 0 Å². The van der Waals surface area contributed by atoms with Gasteiger partial charge in [0, 0.05) is 19.1 Å². The molecule has 0 amide bonds. The first-order chi connectivity index (χ1) is 20.4. The molecule has 42 heavy (non-hydrogen) atoms. The maximum Gasteiger partial charge on any atom is 0.373 e. The summed E-state index contributed by atoms with van der Waals surface area (Å²) in [6.07, 6.45) is 13.8. The van der Waals surface area contributed by atoms with E-state index in [9.17, 15) is 14.7 Å². The van der Waals surface area contributed by atoms with Crippen LogP contribution < -0.4 is 4.74 Å². The first kappa shape index (κ1) is 36.4. The molecule has 7 heteroatoms. The Labute approximate surface area is 252 Å². The maximum absolute atomic E-state index is 11.9. The van der Waals surface area contributed by atoms with Crippen molar-refractivity contribution in [2.24, 2.45) is 0 Å². The SMILES string of the molecule is CCCCC(CC(=Cc1ccc(OC)cc1)C(=O)O)OC.CCCCCCCCOC(=O)C(=Cc1ccccc1)OC. The summed E-state index contributed by atoms with van der Waals surface area (Å²) in [7, 11) is 4.72. The number of aliphatic carboxylic acids is 1. The highest BCUT2D eigenvalue weighted by Crippen LogP contribution is 2.19. The second-order valence-corrected chi connectivity index (χ2v) is 9.98. The van der Waals surface area contributed by atoms with Crippen LogP contribution in [0.5, 0.6) is 5.75 Å². The third kappa shape index (κ3) is 16.0. The van der Waals surface area contributed by atoms with Crippen molar-refractivity contribution in [2.45, 2.75) is 84.2 Å². The first-order valence-corrected chi connectivity index (χ1v) is 15.0. The zero-order valence-electron chi connectivity index (χ0n) is 26.1. The molecule has 1 N–H and O–H groups in total. The predicted octanol–water partition coefficient (Wildman–Crippen LogP) is 8.34. The van der Waals surface area contributed by atoms with Crippen molar-refractivity contribution in [1.29, 1.82) is 0 Å². The van der Waals surface area contributed by atoms with Gasteiger partial charge in [-0.15, -0.1) is 0 Å². The number of carbonyl (C=O) groups is 2. The Balaban J connectivity index is 0.000000420. The van der Waals surface area contributed by atoms with Crippen molar-refractivity contribution in [3.05, 3.63) is 77.1 Å². The van der Waals surface area contributed by atoms with Crippen LogP contribution in [0, 0.1) is 0 Å². The van der Waals surface area contributed by atoms with Gasteiger partial charge in [0.2, 0.25) is 5.76 Å². The number of ether oxygens (including phenoxy) is 4. The summed E-state index contributed by atoms with van der Waals surface area (Å²) in [4.78, 5) is 23.3. The van der Waals surface area contributed by atoms with Gasteiger partial charge in [0.1, 0.15) is 5.75 Å². The predicted molar refractivity (Wildman–Crippen MR) is 169 cm³/mol. The van der Waals surface area contributed by atoms with Gasteiger partial charge in [0.25, 0.3) is 0 Å². The molecule has 2 aromatic rings. The van der Waals surface area contributed by atoms with Gasteiger partial charge >= 0.3 is 11.9 Å². The molecule has 0 radical (unpaired) electrons. The van der Waals surface area contributed by atoms with Crippen LogP contribution in [0.2, 0.25) is 0 Å². The van der Waals surface area contributed by atoms with Crippen molar-refractivity contribution >= 4 is 24.1 Å². The van der Waals surface area contributed by atoms with E-state index in [1.54, 1.807) is 26.4 Å². The summed E-state index contributed by atoms with van der Waals surface area (Å²) >= 11 is 0. The molecule has 2 aromatic carbocycles. The Kier molecular flexibility index (Phi) is 20.0. The molecule has 0 saturated carbocycles. The maximum atomic E-state index is 11.9. The van der Waals surface area contributed by atoms with E-state index in [0.717, 1.165) is 49.0 Å². The van der Waals surface area contributed by atoms with Gasteiger partial charge in [-0.25, -0.2) is 9.59 Å². The average molecular weight is 583 g/mol. The second-order valence-electron chi connectivity index (χ2n) is 9.98. The first-order valence-electron chi connectivity index (χ1n) is 15.0. The van der Waals surface area contributed by atoms with Crippen LogP contribution in [-0.2, 0) is 23.8 Å². The molecule has 7 nitrogen and oxygen atoms in total. The molecule has 1 unspecified atom stereocenters. The molecule has 0 saturated heterocycles. The number of carboxylic acids is 1. The Bertz CT molecular complexity index is 1060. The lowest BCUT2D eigenvalue weighted by Gasteiger charge is -2.15. The van der Waals surface area contributed by atoms with E-state index >= 15 is 0 Å². The molecule has 0 bridgehead atoms. The molecular weight excluding hydrogens is 532 g/mol. The summed E-state index contributed by atoms with van der Waals surface area (Å²) < 4.78 is 20.8. The van der Waals surface area contributed by atoms with E-state index < -0.39 is 11.9 Å². The van der Waals surface area contributed by atoms with Gasteiger partial charge in [-0.1, -0.05) is 101 Å². The normalized spacial score (nSPS) is 12.1. The van der Waals surface area contributed by atoms with Crippen molar-refractivity contribution < 1.29 is 33.6 Å². The fourth-order valence-corrected chi connectivity index (χ4v) is 4.11. The number of rotatable bonds is 19. The largest absolute Gasteiger partial charge is 0.497 e. The minimum atomic E-state index is -0.899. The zero-order chi connectivity index (χ0) is 31.0. The lowest BCUT2D eigenvalue weighted by Crippen LogP contribution is -2.15. The van der Waals surface area contributed by atoms with Crippen molar-refractivity contribution in [2.75, 3.05) is 27.9 Å². The Hall–Kier alpha value is -3.58. The van der Waals surface area contributed by atoms with Crippen LogP contribution in [0.1, 0.15) is 89.2 Å². The summed E-state index contributed by atoms with van der Waals surface area (Å²) in [5.74, 6) is -0.298. The number of methoxy groups -OCH3 is 3. The monoisotopic (exact) mass is 582 g/mol. The van der Waals surface area contributed by atoms with E-state index in [2.05, 4.69) is 13.8 Å². The number of esters is 1. The third-order valence-corrected chi connectivity index (χ3v) is 6.64. The molecule has 0 heterocycles. The van der Waals surface area contributed by atoms with Gasteiger partial charge in [-0.05, 0) is 48.3 Å². The molecule has 232 valence electrons. The Morgan fingerprint density at radius 3 is 1.98 bits per heavy atom. The number of unbranched alkanes of at least 4 members (excludes halogenated alkanes) is 6. The van der Waals surface area contributed by atoms with E-state index in [0.29, 0.717) is 18.6 Å². The lowest BCUT2D eigenvalue weighted by atomic mass is 10.0. The third-order valence-electron chi connectivity index (χ3n) is 6.64. The van der Waals surface area contributed by atoms with Crippen LogP contribution in [0.15, 0.2) is 65.9 Å². The minimum absolute atomic E-state index is 0.0504. The van der Waals surface area contributed by atoms with Crippen LogP contribution in [0.25, 0.3) is 12.2 Å². The van der Waals surface area contributed by atoms with Gasteiger partial charge in [-0.2, -0.15) is 0 Å². The summed E-state index contributed by atoms with van der Waals surface area (Å²) in [5, 5.41) is 9.36. The van der Waals surface area contributed by atoms with Crippen LogP contribution in [0.4, 0.5) is 0 Å². The summed E-state index contributed by atoms with van der Waals surface area (Å²) in [5.41, 5.74) is 2.13. The highest BCUT2D eigenvalue weighted by atomic mass is 16.6. The molecular formula is C35H50O7. The molecule has 0 fully saturated rings. The topological polar surface area (TPSA) is 91.3 Å². The van der Waals surface area contributed by atoms with Gasteiger partial charge in [0.15, 0.2) is 0 Å². The van der Waals surface area contributed by atoms with Crippen molar-refractivity contribution in [3.63, 3.8) is 0 Å². The summed E-state index contributed by atoms with van der Waals surface area (Å²) in [6, 6.07) is 16.9. The van der Waals surface area contributed by atoms with Crippen LogP contribution >= 0.6 is 0 Å². The fourth-order valence-electron chi connectivity index (χ4n) is 4.11. The molecule has 0 aliphatic heterocycles. The number of hydrogen-bond acceptors (Lipinski definition) is 6. The number of carboxylic acid groups (broad SMARTS) is 1. The molecule has 0 aliphatic carbocycles. The minimum Gasteiger partial charge on any atom is -0.497 e. The van der Waals surface area contributed by atoms with E-state index in [-0.39, 0.29) is 11.9 Å². The zero-order valence-corrected chi connectivity index (χ0v) is 26.1. The quantitative estimate of drug-likeness (QED) is 0.0770. The molecule has 2 rings (SSSR count). The summed E-state index contributed by atoms with van der Waals surface area (Å²) in [6.45, 7) is 4.77. The molecule has 0 aromatic heterocycles. The van der Waals surface area contributed by atoms with Crippen molar-refractivity contribution in [3.8, 4) is 5.75 Å². The van der Waals surface area contributed by atoms with E-state index in [4.69, 9.17) is 18.9 Å². The Morgan fingerprint density at radius 2 is 1.40 bits per heavy atom. The lowest BCUT2D eigenvalue weighted by molar-refractivity contribution is -0.142. The fraction of sp³-hybridized carbons (Fsp3) is 0.486. The molecule has 1 atom stereocenters. The Morgan fingerprint density at radius 1 is 0.786 bits per heavy atom. The molecule has 0 spiro atoms. The number of benzene rings is 2. The van der Waals surface area contributed by atoms with Gasteiger partial charge in [-0.3, -0.25) is 0 Å².